The van der Waals surface area contributed by atoms with Crippen molar-refractivity contribution in [2.75, 3.05) is 27.2 Å². The Hall–Kier alpha value is -2.41. The average molecular weight is 388 g/mol. The molecule has 0 spiro atoms. The average Bonchev–Trinajstić information content (AvgIpc) is 3.14. The lowest BCUT2D eigenvalue weighted by Crippen LogP contribution is -2.40. The number of nitrogens with one attached hydrogen (secondary N) is 2. The van der Waals surface area contributed by atoms with Gasteiger partial charge in [-0.3, -0.25) is 4.79 Å². The van der Waals surface area contributed by atoms with Gasteiger partial charge in [0.15, 0.2) is 5.96 Å². The standard InChI is InChI=1S/C20H29N5OS/c1-5-17-13-22-18(27-17)11-12-21-20(23-14-19(26)25(3)4)24-15(2)16-9-7-6-8-10-16/h6-10,13,15H,5,11-12,14H2,1-4H3,(H2,21,23,24). The van der Waals surface area contributed by atoms with Gasteiger partial charge in [-0.1, -0.05) is 37.3 Å². The molecule has 0 aliphatic rings. The number of carbonyl (C=O) groups is 1. The molecule has 2 aromatic rings. The van der Waals surface area contributed by atoms with Crippen LogP contribution < -0.4 is 10.6 Å². The second-order valence-corrected chi connectivity index (χ2v) is 7.68. The molecule has 27 heavy (non-hydrogen) atoms. The van der Waals surface area contributed by atoms with E-state index in [0.29, 0.717) is 12.5 Å². The fourth-order valence-corrected chi connectivity index (χ4v) is 3.25. The van der Waals surface area contributed by atoms with Crippen molar-refractivity contribution < 1.29 is 4.79 Å². The smallest absolute Gasteiger partial charge is 0.243 e. The van der Waals surface area contributed by atoms with Crippen LogP contribution in [0, 0.1) is 0 Å². The second kappa shape index (κ2) is 10.7. The van der Waals surface area contributed by atoms with E-state index in [1.165, 1.54) is 10.4 Å². The van der Waals surface area contributed by atoms with Gasteiger partial charge in [-0.25, -0.2) is 9.98 Å². The summed E-state index contributed by atoms with van der Waals surface area (Å²) < 4.78 is 0. The van der Waals surface area contributed by atoms with E-state index in [9.17, 15) is 4.79 Å². The number of carbonyl (C=O) groups excluding carboxylic acids is 1. The number of hydrogen-bond acceptors (Lipinski definition) is 4. The summed E-state index contributed by atoms with van der Waals surface area (Å²) in [5.41, 5.74) is 1.17. The van der Waals surface area contributed by atoms with Crippen LogP contribution in [0.5, 0.6) is 0 Å². The molecule has 2 N–H and O–H groups in total. The van der Waals surface area contributed by atoms with Crippen LogP contribution >= 0.6 is 11.3 Å². The van der Waals surface area contributed by atoms with Crippen molar-refractivity contribution in [2.45, 2.75) is 32.7 Å². The van der Waals surface area contributed by atoms with Crippen LogP contribution in [0.25, 0.3) is 0 Å². The third-order valence-electron chi connectivity index (χ3n) is 4.11. The predicted molar refractivity (Wildman–Crippen MR) is 112 cm³/mol. The molecule has 1 amide bonds. The lowest BCUT2D eigenvalue weighted by Gasteiger charge is -2.19. The van der Waals surface area contributed by atoms with Crippen LogP contribution in [0.1, 0.15) is 35.3 Å². The Morgan fingerprint density at radius 2 is 2.04 bits per heavy atom. The van der Waals surface area contributed by atoms with Gasteiger partial charge in [0.1, 0.15) is 6.54 Å². The van der Waals surface area contributed by atoms with Gasteiger partial charge in [-0.05, 0) is 18.9 Å². The first kappa shape index (κ1) is 20.9. The summed E-state index contributed by atoms with van der Waals surface area (Å²) in [6.45, 7) is 5.03. The maximum atomic E-state index is 11.9. The minimum atomic E-state index is -0.0315. The summed E-state index contributed by atoms with van der Waals surface area (Å²) in [6.07, 6.45) is 3.79. The molecule has 1 atom stereocenters. The number of aryl methyl sites for hydroxylation is 1. The van der Waals surface area contributed by atoms with Gasteiger partial charge in [-0.15, -0.1) is 11.3 Å². The molecule has 1 aromatic heterocycles. The van der Waals surface area contributed by atoms with Gasteiger partial charge in [0.2, 0.25) is 5.91 Å². The van der Waals surface area contributed by atoms with E-state index in [1.54, 1.807) is 30.3 Å². The SMILES string of the molecule is CCc1cnc(CCNC(=NCC(=O)N(C)C)NC(C)c2ccccc2)s1. The molecule has 0 radical (unpaired) electrons. The van der Waals surface area contributed by atoms with Crippen LogP contribution in [0.15, 0.2) is 41.5 Å². The Kier molecular flexibility index (Phi) is 8.26. The second-order valence-electron chi connectivity index (χ2n) is 6.48. The quantitative estimate of drug-likeness (QED) is 0.540. The van der Waals surface area contributed by atoms with Crippen molar-refractivity contribution in [3.05, 3.63) is 52.0 Å². The molecule has 0 saturated heterocycles. The highest BCUT2D eigenvalue weighted by Crippen LogP contribution is 2.13. The molecule has 2 rings (SSSR count). The lowest BCUT2D eigenvalue weighted by molar-refractivity contribution is -0.127. The van der Waals surface area contributed by atoms with Crippen LogP contribution in [0.3, 0.4) is 0 Å². The molecule has 0 fully saturated rings. The van der Waals surface area contributed by atoms with Crippen molar-refractivity contribution in [2.24, 2.45) is 4.99 Å². The molecule has 146 valence electrons. The Morgan fingerprint density at radius 1 is 1.30 bits per heavy atom. The van der Waals surface area contributed by atoms with Crippen molar-refractivity contribution in [1.82, 2.24) is 20.5 Å². The van der Waals surface area contributed by atoms with Gasteiger partial charge < -0.3 is 15.5 Å². The third-order valence-corrected chi connectivity index (χ3v) is 5.31. The van der Waals surface area contributed by atoms with E-state index in [0.717, 1.165) is 17.8 Å². The fraction of sp³-hybridized carbons (Fsp3) is 0.450. The van der Waals surface area contributed by atoms with Crippen molar-refractivity contribution >= 4 is 23.2 Å². The Bertz CT molecular complexity index is 742. The number of hydrogen-bond donors (Lipinski definition) is 2. The molecule has 0 saturated carbocycles. The van der Waals surface area contributed by atoms with Crippen molar-refractivity contribution in [3.63, 3.8) is 0 Å². The van der Waals surface area contributed by atoms with E-state index in [-0.39, 0.29) is 18.5 Å². The zero-order chi connectivity index (χ0) is 19.6. The molecular formula is C20H29N5OS. The number of aromatic nitrogens is 1. The van der Waals surface area contributed by atoms with Gasteiger partial charge in [0, 0.05) is 38.1 Å². The third kappa shape index (κ3) is 7.02. The number of guanidine groups is 1. The number of benzene rings is 1. The molecule has 7 heteroatoms. The number of rotatable bonds is 8. The molecule has 1 aromatic carbocycles. The van der Waals surface area contributed by atoms with Crippen LogP contribution in [-0.2, 0) is 17.6 Å². The van der Waals surface area contributed by atoms with Crippen LogP contribution in [0.4, 0.5) is 0 Å². The molecule has 1 heterocycles. The first-order chi connectivity index (χ1) is 13.0. The number of thiazole rings is 1. The maximum absolute atomic E-state index is 11.9. The van der Waals surface area contributed by atoms with E-state index in [4.69, 9.17) is 0 Å². The summed E-state index contributed by atoms with van der Waals surface area (Å²) in [7, 11) is 3.47. The van der Waals surface area contributed by atoms with Gasteiger partial charge in [-0.2, -0.15) is 0 Å². The normalized spacial score (nSPS) is 12.5. The number of nitrogens with zero attached hydrogens (tertiary/aromatic N) is 3. The van der Waals surface area contributed by atoms with Crippen LogP contribution in [0.2, 0.25) is 0 Å². The molecule has 6 nitrogen and oxygen atoms in total. The van der Waals surface area contributed by atoms with Crippen molar-refractivity contribution in [3.8, 4) is 0 Å². The zero-order valence-corrected chi connectivity index (χ0v) is 17.3. The maximum Gasteiger partial charge on any atom is 0.243 e. The first-order valence-corrected chi connectivity index (χ1v) is 10.0. The molecule has 0 aliphatic carbocycles. The molecule has 1 unspecified atom stereocenters. The fourth-order valence-electron chi connectivity index (χ4n) is 2.39. The minimum Gasteiger partial charge on any atom is -0.356 e. The van der Waals surface area contributed by atoms with E-state index < -0.39 is 0 Å². The highest BCUT2D eigenvalue weighted by atomic mass is 32.1. The molecule has 0 bridgehead atoms. The minimum absolute atomic E-state index is 0.0315. The summed E-state index contributed by atoms with van der Waals surface area (Å²) in [6, 6.07) is 10.3. The van der Waals surface area contributed by atoms with Crippen LogP contribution in [-0.4, -0.2) is 48.9 Å². The summed E-state index contributed by atoms with van der Waals surface area (Å²) in [5.74, 6) is 0.602. The topological polar surface area (TPSA) is 69.6 Å². The predicted octanol–water partition coefficient (Wildman–Crippen LogP) is 2.63. The number of amides is 1. The largest absolute Gasteiger partial charge is 0.356 e. The monoisotopic (exact) mass is 387 g/mol. The van der Waals surface area contributed by atoms with Gasteiger partial charge in [0.05, 0.1) is 11.0 Å². The van der Waals surface area contributed by atoms with E-state index in [1.807, 2.05) is 24.4 Å². The lowest BCUT2D eigenvalue weighted by atomic mass is 10.1. The Morgan fingerprint density at radius 3 is 2.67 bits per heavy atom. The van der Waals surface area contributed by atoms with Crippen molar-refractivity contribution in [1.29, 1.82) is 0 Å². The molecule has 0 aliphatic heterocycles. The highest BCUT2D eigenvalue weighted by molar-refractivity contribution is 7.11. The number of likely N-dealkylation sites (N-methyl/N-ethyl adjacent to an activating group) is 1. The Labute approximate surface area is 165 Å². The van der Waals surface area contributed by atoms with Gasteiger partial charge in [0.25, 0.3) is 0 Å². The summed E-state index contributed by atoms with van der Waals surface area (Å²) in [5, 5.41) is 7.82. The van der Waals surface area contributed by atoms with Gasteiger partial charge >= 0.3 is 0 Å². The molecular weight excluding hydrogens is 358 g/mol. The van der Waals surface area contributed by atoms with E-state index in [2.05, 4.69) is 46.6 Å². The highest BCUT2D eigenvalue weighted by Gasteiger charge is 2.10. The summed E-state index contributed by atoms with van der Waals surface area (Å²) in [4.78, 5) is 23.6. The first-order valence-electron chi connectivity index (χ1n) is 9.23. The van der Waals surface area contributed by atoms with E-state index >= 15 is 0 Å². The summed E-state index contributed by atoms with van der Waals surface area (Å²) >= 11 is 1.75. The zero-order valence-electron chi connectivity index (χ0n) is 16.5. The Balaban J connectivity index is 1.97. The number of aliphatic imine (C=N–C) groups is 1.